The maximum Gasteiger partial charge on any atom is 0.344 e. The van der Waals surface area contributed by atoms with E-state index in [9.17, 15) is 9.59 Å². The van der Waals surface area contributed by atoms with Crippen LogP contribution >= 0.6 is 15.9 Å². The number of rotatable bonds is 6. The van der Waals surface area contributed by atoms with Gasteiger partial charge in [-0.2, -0.15) is 0 Å². The van der Waals surface area contributed by atoms with E-state index in [1.54, 1.807) is 6.07 Å². The van der Waals surface area contributed by atoms with E-state index in [1.807, 2.05) is 51.1 Å². The molecule has 0 bridgehead atoms. The molecule has 1 N–H and O–H groups in total. The number of amides is 1. The monoisotopic (exact) mass is 419 g/mol. The maximum atomic E-state index is 12.2. The van der Waals surface area contributed by atoms with Crippen LogP contribution in [0, 0.1) is 20.8 Å². The van der Waals surface area contributed by atoms with Gasteiger partial charge in [0.2, 0.25) is 0 Å². The first-order valence-corrected chi connectivity index (χ1v) is 9.02. The van der Waals surface area contributed by atoms with E-state index in [4.69, 9.17) is 9.47 Å². The summed E-state index contributed by atoms with van der Waals surface area (Å²) in [5.41, 5.74) is 3.74. The van der Waals surface area contributed by atoms with Crippen molar-refractivity contribution in [3.05, 3.63) is 57.6 Å². The maximum absolute atomic E-state index is 12.2. The van der Waals surface area contributed by atoms with Gasteiger partial charge in [-0.25, -0.2) is 4.79 Å². The average Bonchev–Trinajstić information content (AvgIpc) is 2.56. The van der Waals surface area contributed by atoms with Crippen LogP contribution in [0.25, 0.3) is 0 Å². The quantitative estimate of drug-likeness (QED) is 0.707. The Morgan fingerprint density at radius 1 is 1.08 bits per heavy atom. The predicted molar refractivity (Wildman–Crippen MR) is 104 cm³/mol. The fourth-order valence-electron chi connectivity index (χ4n) is 2.34. The van der Waals surface area contributed by atoms with Gasteiger partial charge in [-0.1, -0.05) is 23.8 Å². The Hall–Kier alpha value is -2.34. The highest BCUT2D eigenvalue weighted by molar-refractivity contribution is 9.10. The van der Waals surface area contributed by atoms with Gasteiger partial charge in [0.15, 0.2) is 12.7 Å². The molecule has 0 unspecified atom stereocenters. The van der Waals surface area contributed by atoms with E-state index >= 15 is 0 Å². The number of benzene rings is 2. The molecule has 0 heterocycles. The molecule has 0 saturated heterocycles. The molecule has 0 saturated carbocycles. The lowest BCUT2D eigenvalue weighted by molar-refractivity contribution is -0.155. The second-order valence-corrected chi connectivity index (χ2v) is 7.02. The van der Waals surface area contributed by atoms with Gasteiger partial charge in [0.05, 0.1) is 5.69 Å². The average molecular weight is 420 g/mol. The van der Waals surface area contributed by atoms with Crippen molar-refractivity contribution in [1.82, 2.24) is 0 Å². The summed E-state index contributed by atoms with van der Waals surface area (Å²) in [5, 5.41) is 2.73. The zero-order valence-electron chi connectivity index (χ0n) is 15.3. The minimum absolute atomic E-state index is 0.254. The van der Waals surface area contributed by atoms with E-state index in [0.717, 1.165) is 21.2 Å². The van der Waals surface area contributed by atoms with Crippen LogP contribution in [0.5, 0.6) is 5.75 Å². The third-order valence-corrected chi connectivity index (χ3v) is 4.39. The van der Waals surface area contributed by atoms with Crippen molar-refractivity contribution in [2.45, 2.75) is 33.8 Å². The largest absolute Gasteiger partial charge is 0.482 e. The van der Waals surface area contributed by atoms with Gasteiger partial charge < -0.3 is 14.8 Å². The van der Waals surface area contributed by atoms with Crippen LogP contribution in [0.2, 0.25) is 0 Å². The number of carbonyl (C=O) groups is 2. The van der Waals surface area contributed by atoms with Crippen molar-refractivity contribution < 1.29 is 19.1 Å². The van der Waals surface area contributed by atoms with Gasteiger partial charge in [0, 0.05) is 4.47 Å². The van der Waals surface area contributed by atoms with Crippen molar-refractivity contribution in [3.8, 4) is 5.75 Å². The van der Waals surface area contributed by atoms with Crippen LogP contribution in [-0.2, 0) is 14.3 Å². The Morgan fingerprint density at radius 3 is 2.38 bits per heavy atom. The van der Waals surface area contributed by atoms with Gasteiger partial charge in [-0.05, 0) is 73.0 Å². The van der Waals surface area contributed by atoms with Gasteiger partial charge in [-0.3, -0.25) is 4.79 Å². The van der Waals surface area contributed by atoms with Crippen LogP contribution in [0.3, 0.4) is 0 Å². The number of aryl methyl sites for hydroxylation is 3. The van der Waals surface area contributed by atoms with Crippen LogP contribution < -0.4 is 10.1 Å². The molecular formula is C20H22BrNO4. The Labute approximate surface area is 161 Å². The topological polar surface area (TPSA) is 64.6 Å². The number of esters is 1. The molecule has 2 rings (SSSR count). The number of hydrogen-bond donors (Lipinski definition) is 1. The molecule has 0 fully saturated rings. The highest BCUT2D eigenvalue weighted by Gasteiger charge is 2.19. The Balaban J connectivity index is 1.86. The van der Waals surface area contributed by atoms with Crippen LogP contribution in [-0.4, -0.2) is 24.6 Å². The summed E-state index contributed by atoms with van der Waals surface area (Å²) in [7, 11) is 0. The molecule has 0 aliphatic carbocycles. The van der Waals surface area contributed by atoms with Crippen molar-refractivity contribution in [2.24, 2.45) is 0 Å². The van der Waals surface area contributed by atoms with Gasteiger partial charge in [-0.15, -0.1) is 0 Å². The fourth-order valence-corrected chi connectivity index (χ4v) is 2.93. The highest BCUT2D eigenvalue weighted by atomic mass is 79.9. The summed E-state index contributed by atoms with van der Waals surface area (Å²) in [4.78, 5) is 24.1. The summed E-state index contributed by atoms with van der Waals surface area (Å²) in [6.07, 6.45) is -0.932. The first kappa shape index (κ1) is 20.0. The molecule has 0 aromatic heterocycles. The van der Waals surface area contributed by atoms with E-state index in [-0.39, 0.29) is 6.61 Å². The lowest BCUT2D eigenvalue weighted by Gasteiger charge is -2.15. The fraction of sp³-hybridized carbons (Fsp3) is 0.300. The third-order valence-electron chi connectivity index (χ3n) is 3.74. The highest BCUT2D eigenvalue weighted by Crippen LogP contribution is 2.23. The molecule has 1 amide bonds. The molecule has 0 radical (unpaired) electrons. The van der Waals surface area contributed by atoms with Gasteiger partial charge in [0.1, 0.15) is 5.75 Å². The summed E-state index contributed by atoms with van der Waals surface area (Å²) in [6, 6.07) is 11.2. The molecular weight excluding hydrogens is 398 g/mol. The van der Waals surface area contributed by atoms with Gasteiger partial charge >= 0.3 is 5.97 Å². The Bertz CT molecular complexity index is 819. The van der Waals surface area contributed by atoms with E-state index in [1.165, 1.54) is 6.92 Å². The van der Waals surface area contributed by atoms with Crippen LogP contribution in [0.15, 0.2) is 40.9 Å². The van der Waals surface area contributed by atoms with Crippen molar-refractivity contribution in [2.75, 3.05) is 11.9 Å². The molecule has 138 valence electrons. The number of carbonyl (C=O) groups excluding carboxylic acids is 2. The molecule has 26 heavy (non-hydrogen) atoms. The molecule has 5 nitrogen and oxygen atoms in total. The summed E-state index contributed by atoms with van der Waals surface area (Å²) in [5.74, 6) is -0.391. The standard InChI is InChI=1S/C20H22BrNO4/c1-12-6-8-18(14(3)9-12)25-11-19(23)26-15(4)20(24)22-17-7-5-13(2)10-16(17)21/h5-10,15H,11H2,1-4H3,(H,22,24)/t15-/m1/s1. The zero-order valence-corrected chi connectivity index (χ0v) is 16.8. The number of ether oxygens (including phenoxy) is 2. The third kappa shape index (κ3) is 5.59. The smallest absolute Gasteiger partial charge is 0.344 e. The minimum Gasteiger partial charge on any atom is -0.482 e. The number of anilines is 1. The molecule has 6 heteroatoms. The Kier molecular flexibility index (Phi) is 6.80. The van der Waals surface area contributed by atoms with Gasteiger partial charge in [0.25, 0.3) is 5.91 Å². The van der Waals surface area contributed by atoms with Crippen molar-refractivity contribution >= 4 is 33.5 Å². The summed E-state index contributed by atoms with van der Waals surface area (Å²) >= 11 is 3.40. The van der Waals surface area contributed by atoms with Crippen LogP contribution in [0.4, 0.5) is 5.69 Å². The summed E-state index contributed by atoms with van der Waals surface area (Å²) in [6.45, 7) is 7.11. The lowest BCUT2D eigenvalue weighted by Crippen LogP contribution is -2.31. The normalized spacial score (nSPS) is 11.6. The van der Waals surface area contributed by atoms with E-state index in [0.29, 0.717) is 11.4 Å². The zero-order chi connectivity index (χ0) is 19.3. The minimum atomic E-state index is -0.932. The molecule has 0 spiro atoms. The molecule has 2 aromatic carbocycles. The lowest BCUT2D eigenvalue weighted by atomic mass is 10.1. The first-order chi connectivity index (χ1) is 12.3. The number of halogens is 1. The SMILES string of the molecule is Cc1ccc(OCC(=O)O[C@H](C)C(=O)Nc2ccc(C)cc2Br)c(C)c1. The molecule has 2 aromatic rings. The number of hydrogen-bond acceptors (Lipinski definition) is 4. The molecule has 0 aliphatic heterocycles. The van der Waals surface area contributed by atoms with Crippen molar-refractivity contribution in [1.29, 1.82) is 0 Å². The predicted octanol–water partition coefficient (Wildman–Crippen LogP) is 4.32. The molecule has 0 aliphatic rings. The van der Waals surface area contributed by atoms with E-state index < -0.39 is 18.0 Å². The van der Waals surface area contributed by atoms with Crippen molar-refractivity contribution in [3.63, 3.8) is 0 Å². The second kappa shape index (κ2) is 8.85. The van der Waals surface area contributed by atoms with Crippen LogP contribution in [0.1, 0.15) is 23.6 Å². The summed E-state index contributed by atoms with van der Waals surface area (Å²) < 4.78 is 11.4. The second-order valence-electron chi connectivity index (χ2n) is 6.16. The number of nitrogens with one attached hydrogen (secondary N) is 1. The Morgan fingerprint density at radius 2 is 1.73 bits per heavy atom. The first-order valence-electron chi connectivity index (χ1n) is 8.23. The van der Waals surface area contributed by atoms with E-state index in [2.05, 4.69) is 21.2 Å². The molecule has 1 atom stereocenters.